The standard InChI is InChI=1S/C13H16BrN3O2S2/c1-3-9-7-16-13(20-9)8(2)17-21(18,19)10-4-5-11(14)12(15)6-10/h4-8,17H,3,15H2,1-2H3. The average molecular weight is 390 g/mol. The lowest BCUT2D eigenvalue weighted by Crippen LogP contribution is -2.26. The molecule has 0 aliphatic rings. The van der Waals surface area contributed by atoms with E-state index in [-0.39, 0.29) is 10.9 Å². The van der Waals surface area contributed by atoms with Crippen molar-refractivity contribution in [2.45, 2.75) is 31.2 Å². The maximum Gasteiger partial charge on any atom is 0.241 e. The Morgan fingerprint density at radius 3 is 2.76 bits per heavy atom. The van der Waals surface area contributed by atoms with Gasteiger partial charge in [0.25, 0.3) is 0 Å². The molecule has 114 valence electrons. The van der Waals surface area contributed by atoms with Gasteiger partial charge in [-0.1, -0.05) is 6.92 Å². The van der Waals surface area contributed by atoms with Gasteiger partial charge >= 0.3 is 0 Å². The second-order valence-corrected chi connectivity index (χ2v) is 8.26. The van der Waals surface area contributed by atoms with Crippen molar-refractivity contribution >= 4 is 43.0 Å². The molecule has 1 atom stereocenters. The van der Waals surface area contributed by atoms with Gasteiger partial charge in [0.2, 0.25) is 10.0 Å². The second-order valence-electron chi connectivity index (χ2n) is 4.54. The first kappa shape index (κ1) is 16.4. The summed E-state index contributed by atoms with van der Waals surface area (Å²) in [5.74, 6) is 0. The van der Waals surface area contributed by atoms with Crippen LogP contribution in [0.1, 0.15) is 29.8 Å². The number of rotatable bonds is 5. The van der Waals surface area contributed by atoms with Crippen LogP contribution in [0.15, 0.2) is 33.8 Å². The van der Waals surface area contributed by atoms with Crippen molar-refractivity contribution in [2.75, 3.05) is 5.73 Å². The van der Waals surface area contributed by atoms with Crippen molar-refractivity contribution < 1.29 is 8.42 Å². The number of hydrogen-bond donors (Lipinski definition) is 2. The minimum atomic E-state index is -3.63. The first-order valence-electron chi connectivity index (χ1n) is 6.35. The first-order valence-corrected chi connectivity index (χ1v) is 9.44. The zero-order chi connectivity index (χ0) is 15.6. The van der Waals surface area contributed by atoms with Crippen molar-refractivity contribution in [3.63, 3.8) is 0 Å². The van der Waals surface area contributed by atoms with E-state index < -0.39 is 10.0 Å². The molecule has 5 nitrogen and oxygen atoms in total. The van der Waals surface area contributed by atoms with Gasteiger partial charge in [-0.3, -0.25) is 0 Å². The molecule has 1 heterocycles. The summed E-state index contributed by atoms with van der Waals surface area (Å²) in [6, 6.07) is 4.17. The molecule has 1 aromatic heterocycles. The van der Waals surface area contributed by atoms with Gasteiger partial charge in [-0.15, -0.1) is 11.3 Å². The maximum absolute atomic E-state index is 12.4. The Labute approximate surface area is 136 Å². The Bertz CT molecular complexity index is 744. The number of aryl methyl sites for hydroxylation is 1. The van der Waals surface area contributed by atoms with Gasteiger partial charge in [-0.25, -0.2) is 18.1 Å². The van der Waals surface area contributed by atoms with Crippen molar-refractivity contribution in [1.29, 1.82) is 0 Å². The molecule has 0 aliphatic heterocycles. The largest absolute Gasteiger partial charge is 0.398 e. The first-order chi connectivity index (χ1) is 9.83. The molecule has 0 bridgehead atoms. The van der Waals surface area contributed by atoms with Crippen molar-refractivity contribution in [3.05, 3.63) is 38.8 Å². The van der Waals surface area contributed by atoms with E-state index in [4.69, 9.17) is 5.73 Å². The van der Waals surface area contributed by atoms with Gasteiger partial charge in [0.05, 0.1) is 10.9 Å². The number of sulfonamides is 1. The summed E-state index contributed by atoms with van der Waals surface area (Å²) < 4.78 is 28.0. The second kappa shape index (κ2) is 6.43. The Balaban J connectivity index is 2.22. The molecule has 8 heteroatoms. The van der Waals surface area contributed by atoms with E-state index in [2.05, 4.69) is 25.6 Å². The van der Waals surface area contributed by atoms with E-state index in [0.29, 0.717) is 10.2 Å². The molecule has 0 fully saturated rings. The van der Waals surface area contributed by atoms with Crippen LogP contribution in [0.25, 0.3) is 0 Å². The quantitative estimate of drug-likeness (QED) is 0.769. The molecule has 0 amide bonds. The van der Waals surface area contributed by atoms with Gasteiger partial charge in [-0.05, 0) is 47.5 Å². The Hall–Kier alpha value is -0.960. The monoisotopic (exact) mass is 389 g/mol. The van der Waals surface area contributed by atoms with Crippen LogP contribution in [-0.4, -0.2) is 13.4 Å². The van der Waals surface area contributed by atoms with E-state index in [1.54, 1.807) is 19.2 Å². The maximum atomic E-state index is 12.4. The fraction of sp³-hybridized carbons (Fsp3) is 0.308. The van der Waals surface area contributed by atoms with Crippen LogP contribution < -0.4 is 10.5 Å². The molecule has 2 aromatic rings. The summed E-state index contributed by atoms with van der Waals surface area (Å²) in [5, 5.41) is 0.750. The number of anilines is 1. The van der Waals surface area contributed by atoms with E-state index in [1.165, 1.54) is 23.5 Å². The highest BCUT2D eigenvalue weighted by Gasteiger charge is 2.20. The number of benzene rings is 1. The van der Waals surface area contributed by atoms with E-state index in [1.807, 2.05) is 6.92 Å². The predicted molar refractivity (Wildman–Crippen MR) is 88.8 cm³/mol. The van der Waals surface area contributed by atoms with Crippen LogP contribution in [-0.2, 0) is 16.4 Å². The molecule has 1 unspecified atom stereocenters. The third-order valence-corrected chi connectivity index (χ3v) is 6.48. The SMILES string of the molecule is CCc1cnc(C(C)NS(=O)(=O)c2ccc(Br)c(N)c2)s1. The van der Waals surface area contributed by atoms with Crippen molar-refractivity contribution in [2.24, 2.45) is 0 Å². The summed E-state index contributed by atoms with van der Waals surface area (Å²) in [6.45, 7) is 3.81. The number of nitrogens with one attached hydrogen (secondary N) is 1. The Morgan fingerprint density at radius 1 is 1.48 bits per heavy atom. The van der Waals surface area contributed by atoms with Crippen LogP contribution in [0.2, 0.25) is 0 Å². The van der Waals surface area contributed by atoms with Crippen LogP contribution in [0.4, 0.5) is 5.69 Å². The highest BCUT2D eigenvalue weighted by molar-refractivity contribution is 9.10. The fourth-order valence-corrected chi connectivity index (χ4v) is 4.15. The molecule has 2 rings (SSSR count). The van der Waals surface area contributed by atoms with Gasteiger partial charge in [0.15, 0.2) is 0 Å². The molecular formula is C13H16BrN3O2S2. The summed E-state index contributed by atoms with van der Waals surface area (Å²) in [5.41, 5.74) is 6.11. The highest BCUT2D eigenvalue weighted by atomic mass is 79.9. The number of halogens is 1. The van der Waals surface area contributed by atoms with Crippen molar-refractivity contribution in [3.8, 4) is 0 Å². The molecule has 0 saturated heterocycles. The fourth-order valence-electron chi connectivity index (χ4n) is 1.73. The van der Waals surface area contributed by atoms with Crippen LogP contribution in [0.3, 0.4) is 0 Å². The Morgan fingerprint density at radius 2 is 2.19 bits per heavy atom. The molecular weight excluding hydrogens is 374 g/mol. The topological polar surface area (TPSA) is 85.1 Å². The normalized spacial score (nSPS) is 13.3. The van der Waals surface area contributed by atoms with Gasteiger partial charge in [-0.2, -0.15) is 0 Å². The third kappa shape index (κ3) is 3.82. The molecule has 3 N–H and O–H groups in total. The molecule has 0 radical (unpaired) electrons. The number of nitrogens with zero attached hydrogens (tertiary/aromatic N) is 1. The summed E-state index contributed by atoms with van der Waals surface area (Å²) >= 11 is 4.76. The van der Waals surface area contributed by atoms with Gasteiger partial charge < -0.3 is 5.73 Å². The molecule has 21 heavy (non-hydrogen) atoms. The van der Waals surface area contributed by atoms with Crippen LogP contribution >= 0.6 is 27.3 Å². The number of nitrogen functional groups attached to an aromatic ring is 1. The lowest BCUT2D eigenvalue weighted by molar-refractivity contribution is 0.566. The number of thiazole rings is 1. The third-order valence-electron chi connectivity index (χ3n) is 2.90. The highest BCUT2D eigenvalue weighted by Crippen LogP contribution is 2.25. The summed E-state index contributed by atoms with van der Waals surface area (Å²) in [7, 11) is -3.63. The minimum absolute atomic E-state index is 0.141. The predicted octanol–water partition coefficient (Wildman–Crippen LogP) is 3.09. The lowest BCUT2D eigenvalue weighted by atomic mass is 10.3. The molecule has 0 aliphatic carbocycles. The van der Waals surface area contributed by atoms with E-state index in [0.717, 1.165) is 16.3 Å². The van der Waals surface area contributed by atoms with E-state index in [9.17, 15) is 8.42 Å². The number of aromatic nitrogens is 1. The molecule has 0 spiro atoms. The Kier molecular flexibility index (Phi) is 5.03. The van der Waals surface area contributed by atoms with Gasteiger partial charge in [0.1, 0.15) is 5.01 Å². The molecule has 0 saturated carbocycles. The van der Waals surface area contributed by atoms with Gasteiger partial charge in [0, 0.05) is 21.2 Å². The van der Waals surface area contributed by atoms with Crippen LogP contribution in [0, 0.1) is 0 Å². The van der Waals surface area contributed by atoms with Crippen LogP contribution in [0.5, 0.6) is 0 Å². The summed E-state index contributed by atoms with van der Waals surface area (Å²) in [4.78, 5) is 5.53. The number of hydrogen-bond acceptors (Lipinski definition) is 5. The smallest absolute Gasteiger partial charge is 0.241 e. The van der Waals surface area contributed by atoms with Crippen molar-refractivity contribution in [1.82, 2.24) is 9.71 Å². The van der Waals surface area contributed by atoms with E-state index >= 15 is 0 Å². The molecule has 1 aromatic carbocycles. The minimum Gasteiger partial charge on any atom is -0.398 e. The summed E-state index contributed by atoms with van der Waals surface area (Å²) in [6.07, 6.45) is 2.67. The zero-order valence-electron chi connectivity index (χ0n) is 11.6. The number of nitrogens with two attached hydrogens (primary N) is 1. The lowest BCUT2D eigenvalue weighted by Gasteiger charge is -2.12. The zero-order valence-corrected chi connectivity index (χ0v) is 14.8. The average Bonchev–Trinajstić information content (AvgIpc) is 2.90.